The van der Waals surface area contributed by atoms with E-state index >= 15 is 0 Å². The molecule has 1 aromatic rings. The maximum Gasteiger partial charge on any atom is 0.134 e. The first-order valence-electron chi connectivity index (χ1n) is 8.77. The summed E-state index contributed by atoms with van der Waals surface area (Å²) >= 11 is 0. The monoisotopic (exact) mass is 320 g/mol. The van der Waals surface area contributed by atoms with Gasteiger partial charge in [-0.1, -0.05) is 6.92 Å². The van der Waals surface area contributed by atoms with Crippen LogP contribution in [0.3, 0.4) is 0 Å². The highest BCUT2D eigenvalue weighted by molar-refractivity contribution is 5.49. The van der Waals surface area contributed by atoms with E-state index in [9.17, 15) is 5.11 Å². The second-order valence-corrected chi connectivity index (χ2v) is 6.82. The van der Waals surface area contributed by atoms with Crippen molar-refractivity contribution in [3.63, 3.8) is 0 Å². The first kappa shape index (κ1) is 16.5. The van der Waals surface area contributed by atoms with Crippen molar-refractivity contribution in [2.75, 3.05) is 43.1 Å². The van der Waals surface area contributed by atoms with Crippen molar-refractivity contribution < 1.29 is 9.84 Å². The van der Waals surface area contributed by atoms with Crippen LogP contribution in [-0.2, 0) is 4.74 Å². The molecule has 1 atom stereocenters. The van der Waals surface area contributed by atoms with Crippen LogP contribution in [0, 0.1) is 5.41 Å². The number of nitrogens with one attached hydrogen (secondary N) is 1. The van der Waals surface area contributed by atoms with Crippen LogP contribution in [0.4, 0.5) is 11.6 Å². The molecule has 0 radical (unpaired) electrons. The van der Waals surface area contributed by atoms with Crippen molar-refractivity contribution in [2.45, 2.75) is 45.1 Å². The standard InChI is InChI=1S/C17H28N4O2/c1-2-17(12-22)5-7-21(8-6-17)16-10-15(18-13-19-16)20-14-4-3-9-23-11-14/h10,13-14,22H,2-9,11-12H2,1H3,(H,18,19,20)/t14-/m1/s1. The number of piperidine rings is 1. The zero-order valence-electron chi connectivity index (χ0n) is 14.0. The predicted molar refractivity (Wildman–Crippen MR) is 90.8 cm³/mol. The fourth-order valence-electron chi connectivity index (χ4n) is 3.50. The molecule has 6 nitrogen and oxygen atoms in total. The van der Waals surface area contributed by atoms with Gasteiger partial charge in [0.15, 0.2) is 0 Å². The molecule has 3 rings (SSSR count). The Morgan fingerprint density at radius 1 is 1.39 bits per heavy atom. The molecule has 2 fully saturated rings. The van der Waals surface area contributed by atoms with E-state index in [0.29, 0.717) is 6.04 Å². The summed E-state index contributed by atoms with van der Waals surface area (Å²) in [5, 5.41) is 13.1. The minimum Gasteiger partial charge on any atom is -0.396 e. The number of nitrogens with zero attached hydrogens (tertiary/aromatic N) is 3. The molecule has 2 aliphatic rings. The minimum atomic E-state index is 0.101. The van der Waals surface area contributed by atoms with Gasteiger partial charge in [-0.2, -0.15) is 0 Å². The van der Waals surface area contributed by atoms with Crippen LogP contribution in [0.25, 0.3) is 0 Å². The van der Waals surface area contributed by atoms with E-state index in [0.717, 1.165) is 70.0 Å². The van der Waals surface area contributed by atoms with Crippen LogP contribution in [0.15, 0.2) is 12.4 Å². The van der Waals surface area contributed by atoms with Gasteiger partial charge in [0, 0.05) is 32.4 Å². The van der Waals surface area contributed by atoms with E-state index in [1.807, 2.05) is 6.07 Å². The highest BCUT2D eigenvalue weighted by Gasteiger charge is 2.32. The minimum absolute atomic E-state index is 0.101. The number of rotatable bonds is 5. The topological polar surface area (TPSA) is 70.5 Å². The zero-order valence-corrected chi connectivity index (χ0v) is 14.0. The van der Waals surface area contributed by atoms with Gasteiger partial charge in [-0.3, -0.25) is 0 Å². The Kier molecular flexibility index (Phi) is 5.33. The van der Waals surface area contributed by atoms with Gasteiger partial charge in [-0.05, 0) is 37.5 Å². The van der Waals surface area contributed by atoms with E-state index < -0.39 is 0 Å². The summed E-state index contributed by atoms with van der Waals surface area (Å²) in [7, 11) is 0. The van der Waals surface area contributed by atoms with Crippen LogP contribution in [0.1, 0.15) is 39.0 Å². The highest BCUT2D eigenvalue weighted by atomic mass is 16.5. The van der Waals surface area contributed by atoms with Crippen LogP contribution in [0.2, 0.25) is 0 Å². The average molecular weight is 320 g/mol. The number of aliphatic hydroxyl groups is 1. The normalized spacial score (nSPS) is 24.4. The highest BCUT2D eigenvalue weighted by Crippen LogP contribution is 2.35. The molecule has 2 saturated heterocycles. The molecule has 2 N–H and O–H groups in total. The Balaban J connectivity index is 1.61. The summed E-state index contributed by atoms with van der Waals surface area (Å²) in [6, 6.07) is 2.38. The van der Waals surface area contributed by atoms with Gasteiger partial charge < -0.3 is 20.1 Å². The molecule has 0 aromatic carbocycles. The van der Waals surface area contributed by atoms with E-state index in [-0.39, 0.29) is 12.0 Å². The zero-order chi connectivity index (χ0) is 16.1. The third-order valence-corrected chi connectivity index (χ3v) is 5.40. The summed E-state index contributed by atoms with van der Waals surface area (Å²) in [4.78, 5) is 11.1. The van der Waals surface area contributed by atoms with Crippen LogP contribution >= 0.6 is 0 Å². The summed E-state index contributed by atoms with van der Waals surface area (Å²) in [6.07, 6.45) is 6.93. The van der Waals surface area contributed by atoms with Gasteiger partial charge in [0.1, 0.15) is 18.0 Å². The predicted octanol–water partition coefficient (Wildman–Crippen LogP) is 2.06. The van der Waals surface area contributed by atoms with E-state index in [4.69, 9.17) is 4.74 Å². The van der Waals surface area contributed by atoms with Crippen molar-refractivity contribution in [2.24, 2.45) is 5.41 Å². The fraction of sp³-hybridized carbons (Fsp3) is 0.765. The lowest BCUT2D eigenvalue weighted by Crippen LogP contribution is -2.42. The number of ether oxygens (including phenoxy) is 1. The maximum atomic E-state index is 9.66. The van der Waals surface area contributed by atoms with E-state index in [1.54, 1.807) is 6.33 Å². The first-order valence-corrected chi connectivity index (χ1v) is 8.77. The molecule has 3 heterocycles. The van der Waals surface area contributed by atoms with Gasteiger partial charge in [-0.15, -0.1) is 0 Å². The molecule has 0 aliphatic carbocycles. The number of hydrogen-bond acceptors (Lipinski definition) is 6. The first-order chi connectivity index (χ1) is 11.2. The molecule has 2 aliphatic heterocycles. The largest absolute Gasteiger partial charge is 0.396 e. The number of hydrogen-bond donors (Lipinski definition) is 2. The number of aliphatic hydroxyl groups excluding tert-OH is 1. The number of anilines is 2. The third-order valence-electron chi connectivity index (χ3n) is 5.40. The van der Waals surface area contributed by atoms with Gasteiger partial charge in [-0.25, -0.2) is 9.97 Å². The van der Waals surface area contributed by atoms with E-state index in [1.165, 1.54) is 0 Å². The number of aromatic nitrogens is 2. The second-order valence-electron chi connectivity index (χ2n) is 6.82. The van der Waals surface area contributed by atoms with Gasteiger partial charge >= 0.3 is 0 Å². The molecule has 6 heteroatoms. The molecule has 0 unspecified atom stereocenters. The molecular weight excluding hydrogens is 292 g/mol. The average Bonchev–Trinajstić information content (AvgIpc) is 2.63. The fourth-order valence-corrected chi connectivity index (χ4v) is 3.50. The van der Waals surface area contributed by atoms with Crippen LogP contribution < -0.4 is 10.2 Å². The second kappa shape index (κ2) is 7.45. The SMILES string of the molecule is CCC1(CO)CCN(c2cc(N[C@@H]3CCCOC3)ncn2)CC1. The van der Waals surface area contributed by atoms with Crippen LogP contribution in [0.5, 0.6) is 0 Å². The Morgan fingerprint density at radius 3 is 2.87 bits per heavy atom. The molecule has 23 heavy (non-hydrogen) atoms. The lowest BCUT2D eigenvalue weighted by molar-refractivity contribution is 0.0875. The van der Waals surface area contributed by atoms with Crippen molar-refractivity contribution in [3.05, 3.63) is 12.4 Å². The Hall–Kier alpha value is -1.40. The van der Waals surface area contributed by atoms with Gasteiger partial charge in [0.2, 0.25) is 0 Å². The maximum absolute atomic E-state index is 9.66. The molecule has 0 spiro atoms. The molecular formula is C17H28N4O2. The van der Waals surface area contributed by atoms with Gasteiger partial charge in [0.05, 0.1) is 12.6 Å². The summed E-state index contributed by atoms with van der Waals surface area (Å²) < 4.78 is 5.51. The van der Waals surface area contributed by atoms with Crippen molar-refractivity contribution in [3.8, 4) is 0 Å². The summed E-state index contributed by atoms with van der Waals surface area (Å²) in [6.45, 7) is 5.96. The lowest BCUT2D eigenvalue weighted by atomic mass is 9.77. The summed E-state index contributed by atoms with van der Waals surface area (Å²) in [5.41, 5.74) is 0.101. The Bertz CT molecular complexity index is 491. The lowest BCUT2D eigenvalue weighted by Gasteiger charge is -2.40. The quantitative estimate of drug-likeness (QED) is 0.865. The smallest absolute Gasteiger partial charge is 0.134 e. The Morgan fingerprint density at radius 2 is 2.22 bits per heavy atom. The molecule has 128 valence electrons. The van der Waals surface area contributed by atoms with Crippen molar-refractivity contribution >= 4 is 11.6 Å². The molecule has 0 saturated carbocycles. The molecule has 1 aromatic heterocycles. The summed E-state index contributed by atoms with van der Waals surface area (Å²) in [5.74, 6) is 1.85. The third kappa shape index (κ3) is 3.93. The van der Waals surface area contributed by atoms with E-state index in [2.05, 4.69) is 27.1 Å². The van der Waals surface area contributed by atoms with Crippen molar-refractivity contribution in [1.82, 2.24) is 9.97 Å². The van der Waals surface area contributed by atoms with Gasteiger partial charge in [0.25, 0.3) is 0 Å². The Labute approximate surface area is 138 Å². The molecule has 0 bridgehead atoms. The van der Waals surface area contributed by atoms with Crippen LogP contribution in [-0.4, -0.2) is 54.0 Å². The molecule has 0 amide bonds. The van der Waals surface area contributed by atoms with Crippen molar-refractivity contribution in [1.29, 1.82) is 0 Å².